The Hall–Kier alpha value is -1.97. The molecule has 0 atom stereocenters. The standard InChI is InChI=1S/C23H27F3O/c1-3-27-21-13-12-19(22(25)23(21)26)18-11-10-17(14-20(18)24)9-8-16-6-4-15(2)5-7-16/h10-16H,3-9H2,1-2H3. The van der Waals surface area contributed by atoms with Crippen LogP contribution in [0.3, 0.4) is 0 Å². The highest BCUT2D eigenvalue weighted by molar-refractivity contribution is 5.66. The van der Waals surface area contributed by atoms with Gasteiger partial charge in [-0.3, -0.25) is 0 Å². The van der Waals surface area contributed by atoms with E-state index in [9.17, 15) is 13.2 Å². The third-order valence-electron chi connectivity index (χ3n) is 5.65. The SMILES string of the molecule is CCOc1ccc(-c2ccc(CCC3CCC(C)CC3)cc2F)c(F)c1F. The Morgan fingerprint density at radius 3 is 2.30 bits per heavy atom. The smallest absolute Gasteiger partial charge is 0.201 e. The van der Waals surface area contributed by atoms with Crippen molar-refractivity contribution in [2.75, 3.05) is 6.61 Å². The van der Waals surface area contributed by atoms with Gasteiger partial charge in [-0.1, -0.05) is 44.7 Å². The minimum absolute atomic E-state index is 0.0738. The van der Waals surface area contributed by atoms with Gasteiger partial charge in [0.25, 0.3) is 0 Å². The second kappa shape index (κ2) is 8.81. The summed E-state index contributed by atoms with van der Waals surface area (Å²) in [6.45, 7) is 4.23. The molecule has 0 saturated heterocycles. The largest absolute Gasteiger partial charge is 0.491 e. The summed E-state index contributed by atoms with van der Waals surface area (Å²) in [7, 11) is 0. The molecule has 0 radical (unpaired) electrons. The highest BCUT2D eigenvalue weighted by Crippen LogP contribution is 2.33. The third-order valence-corrected chi connectivity index (χ3v) is 5.65. The summed E-state index contributed by atoms with van der Waals surface area (Å²) in [4.78, 5) is 0. The molecule has 4 heteroatoms. The third kappa shape index (κ3) is 4.66. The summed E-state index contributed by atoms with van der Waals surface area (Å²) in [5.41, 5.74) is 0.896. The quantitative estimate of drug-likeness (QED) is 0.531. The van der Waals surface area contributed by atoms with Gasteiger partial charge in [-0.05, 0) is 55.4 Å². The summed E-state index contributed by atoms with van der Waals surface area (Å²) < 4.78 is 48.1. The highest BCUT2D eigenvalue weighted by Gasteiger charge is 2.20. The van der Waals surface area contributed by atoms with Gasteiger partial charge in [0.15, 0.2) is 11.6 Å². The molecule has 2 aromatic rings. The minimum Gasteiger partial charge on any atom is -0.491 e. The molecule has 1 nitrogen and oxygen atoms in total. The molecule has 2 aromatic carbocycles. The van der Waals surface area contributed by atoms with Gasteiger partial charge >= 0.3 is 0 Å². The first-order valence-corrected chi connectivity index (χ1v) is 9.89. The van der Waals surface area contributed by atoms with Crippen molar-refractivity contribution in [3.63, 3.8) is 0 Å². The fraction of sp³-hybridized carbons (Fsp3) is 0.478. The number of hydrogen-bond donors (Lipinski definition) is 0. The molecule has 0 amide bonds. The lowest BCUT2D eigenvalue weighted by atomic mass is 9.80. The molecular formula is C23H27F3O. The molecular weight excluding hydrogens is 349 g/mol. The summed E-state index contributed by atoms with van der Waals surface area (Å²) in [6.07, 6.45) is 6.92. The molecule has 1 aliphatic rings. The zero-order valence-corrected chi connectivity index (χ0v) is 16.0. The first-order chi connectivity index (χ1) is 13.0. The maximum Gasteiger partial charge on any atom is 0.201 e. The fourth-order valence-corrected chi connectivity index (χ4v) is 3.93. The maximum atomic E-state index is 14.6. The maximum absolute atomic E-state index is 14.6. The van der Waals surface area contributed by atoms with Crippen LogP contribution in [-0.2, 0) is 6.42 Å². The van der Waals surface area contributed by atoms with Crippen molar-refractivity contribution in [3.05, 3.63) is 53.3 Å². The van der Waals surface area contributed by atoms with E-state index < -0.39 is 17.5 Å². The molecule has 27 heavy (non-hydrogen) atoms. The lowest BCUT2D eigenvalue weighted by Gasteiger charge is -2.26. The molecule has 1 aliphatic carbocycles. The van der Waals surface area contributed by atoms with Crippen LogP contribution in [0.1, 0.15) is 51.5 Å². The van der Waals surface area contributed by atoms with Gasteiger partial charge in [0.1, 0.15) is 5.82 Å². The molecule has 0 aliphatic heterocycles. The fourth-order valence-electron chi connectivity index (χ4n) is 3.93. The molecule has 146 valence electrons. The number of halogens is 3. The van der Waals surface area contributed by atoms with E-state index in [0.29, 0.717) is 5.92 Å². The van der Waals surface area contributed by atoms with Crippen LogP contribution >= 0.6 is 0 Å². The van der Waals surface area contributed by atoms with Gasteiger partial charge < -0.3 is 4.74 Å². The number of aryl methyl sites for hydroxylation is 1. The Kier molecular flexibility index (Phi) is 6.46. The zero-order chi connectivity index (χ0) is 19.4. The van der Waals surface area contributed by atoms with Gasteiger partial charge in [-0.15, -0.1) is 0 Å². The topological polar surface area (TPSA) is 9.23 Å². The van der Waals surface area contributed by atoms with Crippen molar-refractivity contribution >= 4 is 0 Å². The van der Waals surface area contributed by atoms with Crippen molar-refractivity contribution in [1.82, 2.24) is 0 Å². The van der Waals surface area contributed by atoms with Crippen LogP contribution in [0, 0.1) is 29.3 Å². The molecule has 0 aromatic heterocycles. The number of ether oxygens (including phenoxy) is 1. The van der Waals surface area contributed by atoms with Crippen molar-refractivity contribution in [1.29, 1.82) is 0 Å². The normalized spacial score (nSPS) is 19.9. The van der Waals surface area contributed by atoms with E-state index in [-0.39, 0.29) is 23.5 Å². The Balaban J connectivity index is 1.72. The monoisotopic (exact) mass is 376 g/mol. The molecule has 0 bridgehead atoms. The summed E-state index contributed by atoms with van der Waals surface area (Å²) in [6, 6.07) is 7.53. The van der Waals surface area contributed by atoms with Crippen molar-refractivity contribution in [2.24, 2.45) is 11.8 Å². The summed E-state index contributed by atoms with van der Waals surface area (Å²) in [5, 5.41) is 0. The lowest BCUT2D eigenvalue weighted by Crippen LogP contribution is -2.12. The van der Waals surface area contributed by atoms with Gasteiger partial charge in [0.05, 0.1) is 6.61 Å². The average molecular weight is 376 g/mol. The number of benzene rings is 2. The molecule has 0 heterocycles. The van der Waals surface area contributed by atoms with Crippen molar-refractivity contribution in [3.8, 4) is 16.9 Å². The van der Waals surface area contributed by atoms with E-state index in [4.69, 9.17) is 4.74 Å². The Labute approximate surface area is 159 Å². The second-order valence-electron chi connectivity index (χ2n) is 7.65. The minimum atomic E-state index is -1.08. The van der Waals surface area contributed by atoms with E-state index in [2.05, 4.69) is 6.92 Å². The molecule has 0 N–H and O–H groups in total. The van der Waals surface area contributed by atoms with Gasteiger partial charge in [0, 0.05) is 11.1 Å². The summed E-state index contributed by atoms with van der Waals surface area (Å²) in [5.74, 6) is -1.30. The average Bonchev–Trinajstić information content (AvgIpc) is 2.66. The highest BCUT2D eigenvalue weighted by atomic mass is 19.2. The van der Waals surface area contributed by atoms with Crippen LogP contribution in [-0.4, -0.2) is 6.61 Å². The molecule has 1 saturated carbocycles. The van der Waals surface area contributed by atoms with E-state index in [1.54, 1.807) is 13.0 Å². The molecule has 0 spiro atoms. The van der Waals surface area contributed by atoms with Crippen LogP contribution in [0.4, 0.5) is 13.2 Å². The first-order valence-electron chi connectivity index (χ1n) is 9.89. The van der Waals surface area contributed by atoms with Gasteiger partial charge in [-0.25, -0.2) is 8.78 Å². The molecule has 1 fully saturated rings. The second-order valence-corrected chi connectivity index (χ2v) is 7.65. The van der Waals surface area contributed by atoms with Crippen LogP contribution in [0.5, 0.6) is 5.75 Å². The number of rotatable bonds is 6. The Morgan fingerprint density at radius 1 is 0.926 bits per heavy atom. The Bertz CT molecular complexity index is 779. The van der Waals surface area contributed by atoms with Gasteiger partial charge in [-0.2, -0.15) is 4.39 Å². The lowest BCUT2D eigenvalue weighted by molar-refractivity contribution is 0.277. The van der Waals surface area contributed by atoms with Crippen LogP contribution in [0.15, 0.2) is 30.3 Å². The van der Waals surface area contributed by atoms with Crippen LogP contribution in [0.25, 0.3) is 11.1 Å². The molecule has 3 rings (SSSR count). The van der Waals surface area contributed by atoms with Crippen LogP contribution in [0.2, 0.25) is 0 Å². The van der Waals surface area contributed by atoms with Crippen LogP contribution < -0.4 is 4.74 Å². The van der Waals surface area contributed by atoms with E-state index in [0.717, 1.165) is 24.3 Å². The van der Waals surface area contributed by atoms with E-state index >= 15 is 0 Å². The van der Waals surface area contributed by atoms with Crippen molar-refractivity contribution < 1.29 is 17.9 Å². The first kappa shape index (κ1) is 19.8. The zero-order valence-electron chi connectivity index (χ0n) is 16.0. The predicted molar refractivity (Wildman–Crippen MR) is 102 cm³/mol. The van der Waals surface area contributed by atoms with E-state index in [1.165, 1.54) is 43.9 Å². The van der Waals surface area contributed by atoms with Crippen molar-refractivity contribution in [2.45, 2.75) is 52.4 Å². The number of hydrogen-bond acceptors (Lipinski definition) is 1. The van der Waals surface area contributed by atoms with Gasteiger partial charge in [0.2, 0.25) is 5.82 Å². The Morgan fingerprint density at radius 2 is 1.63 bits per heavy atom. The summed E-state index contributed by atoms with van der Waals surface area (Å²) >= 11 is 0. The van der Waals surface area contributed by atoms with E-state index in [1.807, 2.05) is 6.07 Å². The molecule has 0 unspecified atom stereocenters. The predicted octanol–water partition coefficient (Wildman–Crippen LogP) is 6.93.